The summed E-state index contributed by atoms with van der Waals surface area (Å²) in [6, 6.07) is 6.75. The molecule has 1 saturated heterocycles. The zero-order valence-corrected chi connectivity index (χ0v) is 12.2. The molecule has 18 heavy (non-hydrogen) atoms. The van der Waals surface area contributed by atoms with Gasteiger partial charge in [-0.3, -0.25) is 4.79 Å². The monoisotopic (exact) mass is 307 g/mol. The summed E-state index contributed by atoms with van der Waals surface area (Å²) in [7, 11) is 0. The first kappa shape index (κ1) is 12.2. The number of hydrogen-bond acceptors (Lipinski definition) is 1. The second kappa shape index (κ2) is 4.69. The molecule has 1 fully saturated rings. The van der Waals surface area contributed by atoms with Gasteiger partial charge in [0.1, 0.15) is 0 Å². The van der Waals surface area contributed by atoms with Gasteiger partial charge in [-0.15, -0.1) is 0 Å². The van der Waals surface area contributed by atoms with E-state index in [1.165, 1.54) is 15.6 Å². The van der Waals surface area contributed by atoms with Gasteiger partial charge in [-0.05, 0) is 42.4 Å². The molecule has 2 nitrogen and oxygen atoms in total. The second-order valence-corrected chi connectivity index (χ2v) is 6.20. The van der Waals surface area contributed by atoms with Crippen LogP contribution in [0.15, 0.2) is 22.7 Å². The number of halogens is 1. The fourth-order valence-electron chi connectivity index (χ4n) is 3.50. The molecule has 3 rings (SSSR count). The average molecular weight is 308 g/mol. The maximum atomic E-state index is 12.1. The summed E-state index contributed by atoms with van der Waals surface area (Å²) in [4.78, 5) is 14.2. The minimum absolute atomic E-state index is 0.332. The third-order valence-electron chi connectivity index (χ3n) is 4.24. The van der Waals surface area contributed by atoms with E-state index in [0.717, 1.165) is 32.2 Å². The van der Waals surface area contributed by atoms with E-state index in [1.54, 1.807) is 0 Å². The van der Waals surface area contributed by atoms with Crippen molar-refractivity contribution in [2.24, 2.45) is 5.92 Å². The zero-order valence-electron chi connectivity index (χ0n) is 10.7. The summed E-state index contributed by atoms with van der Waals surface area (Å²) in [5.74, 6) is 0.880. The molecular weight excluding hydrogens is 290 g/mol. The van der Waals surface area contributed by atoms with E-state index < -0.39 is 0 Å². The van der Waals surface area contributed by atoms with Crippen molar-refractivity contribution in [2.45, 2.75) is 38.6 Å². The highest BCUT2D eigenvalue weighted by Crippen LogP contribution is 2.46. The van der Waals surface area contributed by atoms with Crippen molar-refractivity contribution in [3.05, 3.63) is 33.8 Å². The molecule has 96 valence electrons. The molecule has 1 aliphatic heterocycles. The first-order valence-electron chi connectivity index (χ1n) is 6.79. The second-order valence-electron chi connectivity index (χ2n) is 5.34. The molecule has 1 aromatic carbocycles. The average Bonchev–Trinajstić information content (AvgIpc) is 2.67. The quantitative estimate of drug-likeness (QED) is 0.816. The predicted octanol–water partition coefficient (Wildman–Crippen LogP) is 3.69. The topological polar surface area (TPSA) is 20.3 Å². The fraction of sp³-hybridized carbons (Fsp3) is 0.533. The molecule has 2 atom stereocenters. The number of carbonyl (C=O) groups excluding carboxylic acids is 1. The predicted molar refractivity (Wildman–Crippen MR) is 75.3 cm³/mol. The third-order valence-corrected chi connectivity index (χ3v) is 4.99. The lowest BCUT2D eigenvalue weighted by Gasteiger charge is -2.34. The lowest BCUT2D eigenvalue weighted by atomic mass is 9.80. The van der Waals surface area contributed by atoms with Crippen molar-refractivity contribution in [1.82, 2.24) is 4.90 Å². The molecule has 1 heterocycles. The maximum absolute atomic E-state index is 12.1. The van der Waals surface area contributed by atoms with Crippen molar-refractivity contribution in [2.75, 3.05) is 6.54 Å². The first-order chi connectivity index (χ1) is 8.72. The van der Waals surface area contributed by atoms with Crippen LogP contribution >= 0.6 is 15.9 Å². The molecule has 0 radical (unpaired) electrons. The zero-order chi connectivity index (χ0) is 12.7. The Hall–Kier alpha value is -0.830. The maximum Gasteiger partial charge on any atom is 0.223 e. The molecule has 0 N–H and O–H groups in total. The molecule has 2 unspecified atom stereocenters. The van der Waals surface area contributed by atoms with Gasteiger partial charge in [0.05, 0.1) is 6.04 Å². The Bertz CT molecular complexity index is 485. The Balaban J connectivity index is 2.04. The van der Waals surface area contributed by atoms with E-state index in [4.69, 9.17) is 0 Å². The van der Waals surface area contributed by atoms with E-state index in [-0.39, 0.29) is 0 Å². The van der Waals surface area contributed by atoms with Crippen LogP contribution in [0.3, 0.4) is 0 Å². The van der Waals surface area contributed by atoms with Crippen molar-refractivity contribution in [1.29, 1.82) is 0 Å². The molecule has 0 aromatic heterocycles. The Labute approximate surface area is 116 Å². The Kier molecular flexibility index (Phi) is 3.18. The van der Waals surface area contributed by atoms with Gasteiger partial charge in [-0.1, -0.05) is 35.0 Å². The molecule has 1 amide bonds. The number of carbonyl (C=O) groups is 1. The number of nitrogens with zero attached hydrogens (tertiary/aromatic N) is 1. The van der Waals surface area contributed by atoms with Crippen LogP contribution in [0.5, 0.6) is 0 Å². The standard InChI is InChI=1S/C15H18BrNO/c1-2-8-17-14(18)9-10-6-7-11-12(15(10)17)4-3-5-13(11)16/h3-5,10,15H,2,6-9H2,1H3. The van der Waals surface area contributed by atoms with Gasteiger partial charge < -0.3 is 4.90 Å². The van der Waals surface area contributed by atoms with E-state index in [9.17, 15) is 4.79 Å². The van der Waals surface area contributed by atoms with Crippen LogP contribution in [-0.4, -0.2) is 17.4 Å². The van der Waals surface area contributed by atoms with Crippen molar-refractivity contribution in [3.63, 3.8) is 0 Å². The highest BCUT2D eigenvalue weighted by atomic mass is 79.9. The summed E-state index contributed by atoms with van der Waals surface area (Å²) in [5.41, 5.74) is 2.79. The van der Waals surface area contributed by atoms with Crippen LogP contribution in [0, 0.1) is 5.92 Å². The lowest BCUT2D eigenvalue weighted by Crippen LogP contribution is -2.32. The van der Waals surface area contributed by atoms with Crippen LogP contribution in [0.4, 0.5) is 0 Å². The van der Waals surface area contributed by atoms with Gasteiger partial charge in [0.2, 0.25) is 5.91 Å². The Morgan fingerprint density at radius 3 is 3.06 bits per heavy atom. The van der Waals surface area contributed by atoms with Crippen molar-refractivity contribution < 1.29 is 4.79 Å². The number of benzene rings is 1. The summed E-state index contributed by atoms with van der Waals surface area (Å²) in [6.07, 6.45) is 4.03. The van der Waals surface area contributed by atoms with Crippen molar-refractivity contribution >= 4 is 21.8 Å². The highest BCUT2D eigenvalue weighted by molar-refractivity contribution is 9.10. The smallest absolute Gasteiger partial charge is 0.223 e. The number of hydrogen-bond donors (Lipinski definition) is 0. The lowest BCUT2D eigenvalue weighted by molar-refractivity contribution is -0.129. The summed E-state index contributed by atoms with van der Waals surface area (Å²) in [5, 5.41) is 0. The SMILES string of the molecule is CCCN1C(=O)CC2CCc3c(Br)cccc3C21. The minimum Gasteiger partial charge on any atom is -0.335 e. The van der Waals surface area contributed by atoms with E-state index in [1.807, 2.05) is 0 Å². The fourth-order valence-corrected chi connectivity index (χ4v) is 4.07. The molecule has 0 saturated carbocycles. The number of likely N-dealkylation sites (tertiary alicyclic amines) is 1. The van der Waals surface area contributed by atoms with Crippen LogP contribution < -0.4 is 0 Å². The van der Waals surface area contributed by atoms with Gasteiger partial charge in [0, 0.05) is 17.4 Å². The molecule has 1 aliphatic carbocycles. The van der Waals surface area contributed by atoms with Gasteiger partial charge in [0.25, 0.3) is 0 Å². The molecular formula is C15H18BrNO. The Morgan fingerprint density at radius 2 is 2.28 bits per heavy atom. The number of fused-ring (bicyclic) bond motifs is 3. The normalized spacial score (nSPS) is 26.1. The summed E-state index contributed by atoms with van der Waals surface area (Å²) in [6.45, 7) is 3.04. The van der Waals surface area contributed by atoms with Gasteiger partial charge in [0.15, 0.2) is 0 Å². The molecule has 0 bridgehead atoms. The van der Waals surface area contributed by atoms with Crippen LogP contribution in [0.2, 0.25) is 0 Å². The largest absolute Gasteiger partial charge is 0.335 e. The van der Waals surface area contributed by atoms with E-state index in [0.29, 0.717) is 17.9 Å². The minimum atomic E-state index is 0.332. The van der Waals surface area contributed by atoms with Gasteiger partial charge in [-0.25, -0.2) is 0 Å². The Morgan fingerprint density at radius 1 is 1.44 bits per heavy atom. The molecule has 1 aromatic rings. The number of amides is 1. The third kappa shape index (κ3) is 1.80. The van der Waals surface area contributed by atoms with Gasteiger partial charge in [-0.2, -0.15) is 0 Å². The highest BCUT2D eigenvalue weighted by Gasteiger charge is 2.43. The van der Waals surface area contributed by atoms with Gasteiger partial charge >= 0.3 is 0 Å². The van der Waals surface area contributed by atoms with Crippen LogP contribution in [0.25, 0.3) is 0 Å². The van der Waals surface area contributed by atoms with Crippen molar-refractivity contribution in [3.8, 4) is 0 Å². The van der Waals surface area contributed by atoms with E-state index in [2.05, 4.69) is 46.0 Å². The molecule has 3 heteroatoms. The van der Waals surface area contributed by atoms with Crippen LogP contribution in [-0.2, 0) is 11.2 Å². The molecule has 2 aliphatic rings. The summed E-state index contributed by atoms with van der Waals surface area (Å²) < 4.78 is 1.20. The van der Waals surface area contributed by atoms with E-state index >= 15 is 0 Å². The summed E-state index contributed by atoms with van der Waals surface area (Å²) >= 11 is 3.65. The van der Waals surface area contributed by atoms with Crippen LogP contribution in [0.1, 0.15) is 43.4 Å². The first-order valence-corrected chi connectivity index (χ1v) is 7.58. The molecule has 0 spiro atoms. The number of rotatable bonds is 2.